The summed E-state index contributed by atoms with van der Waals surface area (Å²) < 4.78 is 37.5. The minimum atomic E-state index is -2.87. The molecule has 0 spiro atoms. The van der Waals surface area contributed by atoms with Crippen molar-refractivity contribution in [3.63, 3.8) is 0 Å². The van der Waals surface area contributed by atoms with Crippen LogP contribution >= 0.6 is 0 Å². The summed E-state index contributed by atoms with van der Waals surface area (Å²) in [6.07, 6.45) is -2.06. The summed E-state index contributed by atoms with van der Waals surface area (Å²) in [5.41, 5.74) is 3.83. The Bertz CT molecular complexity index is 355. The number of rotatable bonds is 3. The minimum Gasteiger partial charge on any atom is -0.326 e. The van der Waals surface area contributed by atoms with Crippen LogP contribution in [0.4, 0.5) is 13.2 Å². The lowest BCUT2D eigenvalue weighted by molar-refractivity contribution is 0.110. The zero-order valence-electron chi connectivity index (χ0n) is 7.01. The molecular formula is C8H7F3N2O. The van der Waals surface area contributed by atoms with Crippen LogP contribution in [0.5, 0.6) is 0 Å². The number of alkyl halides is 2. The molecular weight excluding hydrogens is 197 g/mol. The lowest BCUT2D eigenvalue weighted by Crippen LogP contribution is -2.09. The summed E-state index contributed by atoms with van der Waals surface area (Å²) in [5, 5.41) is 0. The number of carbonyl (C=O) groups is 1. The third kappa shape index (κ3) is 1.74. The topological polar surface area (TPSA) is 56.0 Å². The van der Waals surface area contributed by atoms with Crippen molar-refractivity contribution in [1.29, 1.82) is 0 Å². The molecule has 1 aromatic rings. The minimum absolute atomic E-state index is 0.161. The Morgan fingerprint density at radius 1 is 1.57 bits per heavy atom. The maximum absolute atomic E-state index is 12.9. The van der Waals surface area contributed by atoms with E-state index in [0.717, 1.165) is 0 Å². The highest BCUT2D eigenvalue weighted by molar-refractivity contribution is 5.79. The average Bonchev–Trinajstić information content (AvgIpc) is 2.16. The monoisotopic (exact) mass is 204 g/mol. The van der Waals surface area contributed by atoms with Gasteiger partial charge in [-0.05, 0) is 0 Å². The van der Waals surface area contributed by atoms with E-state index in [1.165, 1.54) is 0 Å². The van der Waals surface area contributed by atoms with Crippen LogP contribution in [0.1, 0.15) is 27.9 Å². The number of aromatic nitrogens is 1. The highest BCUT2D eigenvalue weighted by Gasteiger charge is 2.19. The van der Waals surface area contributed by atoms with E-state index >= 15 is 0 Å². The molecule has 0 saturated heterocycles. The zero-order chi connectivity index (χ0) is 10.7. The first kappa shape index (κ1) is 10.6. The van der Waals surface area contributed by atoms with Crippen molar-refractivity contribution in [3.05, 3.63) is 28.8 Å². The fraction of sp³-hybridized carbons (Fsp3) is 0.250. The molecule has 0 bridgehead atoms. The van der Waals surface area contributed by atoms with Gasteiger partial charge in [-0.2, -0.15) is 4.39 Å². The lowest BCUT2D eigenvalue weighted by Gasteiger charge is -2.07. The summed E-state index contributed by atoms with van der Waals surface area (Å²) in [6.45, 7) is -0.340. The van der Waals surface area contributed by atoms with Crippen LogP contribution in [0.15, 0.2) is 6.20 Å². The second-order valence-corrected chi connectivity index (χ2v) is 2.52. The van der Waals surface area contributed by atoms with Gasteiger partial charge in [0.05, 0.1) is 0 Å². The van der Waals surface area contributed by atoms with Gasteiger partial charge in [-0.1, -0.05) is 0 Å². The van der Waals surface area contributed by atoms with Crippen LogP contribution in [0.25, 0.3) is 0 Å². The van der Waals surface area contributed by atoms with Gasteiger partial charge in [0.25, 0.3) is 6.43 Å². The fourth-order valence-electron chi connectivity index (χ4n) is 1.07. The maximum atomic E-state index is 12.9. The van der Waals surface area contributed by atoms with Gasteiger partial charge in [-0.3, -0.25) is 4.79 Å². The van der Waals surface area contributed by atoms with E-state index in [1.54, 1.807) is 0 Å². The Morgan fingerprint density at radius 2 is 2.21 bits per heavy atom. The number of hydrogen-bond acceptors (Lipinski definition) is 3. The predicted molar refractivity (Wildman–Crippen MR) is 42.4 cm³/mol. The first-order valence-electron chi connectivity index (χ1n) is 3.72. The molecule has 0 saturated carbocycles. The molecule has 0 aliphatic heterocycles. The third-order valence-corrected chi connectivity index (χ3v) is 1.76. The zero-order valence-corrected chi connectivity index (χ0v) is 7.01. The molecule has 6 heteroatoms. The van der Waals surface area contributed by atoms with Crippen LogP contribution in [0, 0.1) is 5.95 Å². The summed E-state index contributed by atoms with van der Waals surface area (Å²) in [6, 6.07) is 0. The Kier molecular flexibility index (Phi) is 3.19. The largest absolute Gasteiger partial charge is 0.326 e. The molecule has 0 radical (unpaired) electrons. The molecule has 1 aromatic heterocycles. The van der Waals surface area contributed by atoms with Crippen molar-refractivity contribution in [2.45, 2.75) is 13.0 Å². The van der Waals surface area contributed by atoms with Gasteiger partial charge in [0.15, 0.2) is 6.29 Å². The van der Waals surface area contributed by atoms with Crippen molar-refractivity contribution >= 4 is 6.29 Å². The van der Waals surface area contributed by atoms with Gasteiger partial charge >= 0.3 is 0 Å². The van der Waals surface area contributed by atoms with Gasteiger partial charge in [0.2, 0.25) is 5.95 Å². The SMILES string of the molecule is NCc1c(F)ncc(C(F)F)c1C=O. The lowest BCUT2D eigenvalue weighted by atomic mass is 10.1. The quantitative estimate of drug-likeness (QED) is 0.598. The molecule has 14 heavy (non-hydrogen) atoms. The van der Waals surface area contributed by atoms with Gasteiger partial charge in [0, 0.05) is 29.4 Å². The Balaban J connectivity index is 3.40. The summed E-state index contributed by atoms with van der Waals surface area (Å²) in [4.78, 5) is 13.6. The molecule has 0 atom stereocenters. The molecule has 76 valence electrons. The van der Waals surface area contributed by atoms with Crippen LogP contribution in [-0.4, -0.2) is 11.3 Å². The first-order chi connectivity index (χ1) is 6.61. The molecule has 1 rings (SSSR count). The molecule has 0 unspecified atom stereocenters. The number of hydrogen-bond donors (Lipinski definition) is 1. The average molecular weight is 204 g/mol. The van der Waals surface area contributed by atoms with E-state index in [9.17, 15) is 18.0 Å². The van der Waals surface area contributed by atoms with Gasteiger partial charge in [0.1, 0.15) is 0 Å². The van der Waals surface area contributed by atoms with Gasteiger partial charge < -0.3 is 5.73 Å². The summed E-state index contributed by atoms with van der Waals surface area (Å²) in [5.74, 6) is -0.987. The highest BCUT2D eigenvalue weighted by atomic mass is 19.3. The number of halogens is 3. The standard InChI is InChI=1S/C8H7F3N2O/c9-7(10)5-2-13-8(11)4(1-12)6(5)3-14/h2-3,7H,1,12H2. The highest BCUT2D eigenvalue weighted by Crippen LogP contribution is 2.24. The van der Waals surface area contributed by atoms with Crippen LogP contribution in [0.3, 0.4) is 0 Å². The number of carbonyl (C=O) groups excluding carboxylic acids is 1. The van der Waals surface area contributed by atoms with E-state index in [4.69, 9.17) is 5.73 Å². The van der Waals surface area contributed by atoms with Crippen LogP contribution in [0.2, 0.25) is 0 Å². The molecule has 0 amide bonds. The Labute approximate surface area is 77.7 Å². The number of aldehydes is 1. The molecule has 2 N–H and O–H groups in total. The Morgan fingerprint density at radius 3 is 2.64 bits per heavy atom. The molecule has 0 aliphatic carbocycles. The van der Waals surface area contributed by atoms with E-state index in [2.05, 4.69) is 4.98 Å². The first-order valence-corrected chi connectivity index (χ1v) is 3.72. The number of nitrogens with zero attached hydrogens (tertiary/aromatic N) is 1. The van der Waals surface area contributed by atoms with Crippen molar-refractivity contribution < 1.29 is 18.0 Å². The summed E-state index contributed by atoms with van der Waals surface area (Å²) >= 11 is 0. The van der Waals surface area contributed by atoms with Crippen molar-refractivity contribution in [3.8, 4) is 0 Å². The van der Waals surface area contributed by atoms with Crippen LogP contribution < -0.4 is 5.73 Å². The molecule has 0 aromatic carbocycles. The molecule has 3 nitrogen and oxygen atoms in total. The second kappa shape index (κ2) is 4.19. The van der Waals surface area contributed by atoms with Gasteiger partial charge in [-0.25, -0.2) is 13.8 Å². The van der Waals surface area contributed by atoms with E-state index < -0.39 is 23.5 Å². The Hall–Kier alpha value is -1.43. The van der Waals surface area contributed by atoms with E-state index in [1.807, 2.05) is 0 Å². The second-order valence-electron chi connectivity index (χ2n) is 2.52. The maximum Gasteiger partial charge on any atom is 0.266 e. The van der Waals surface area contributed by atoms with Crippen molar-refractivity contribution in [2.24, 2.45) is 5.73 Å². The molecule has 1 heterocycles. The summed E-state index contributed by atoms with van der Waals surface area (Å²) in [7, 11) is 0. The van der Waals surface area contributed by atoms with Crippen molar-refractivity contribution in [2.75, 3.05) is 0 Å². The van der Waals surface area contributed by atoms with Gasteiger partial charge in [-0.15, -0.1) is 0 Å². The van der Waals surface area contributed by atoms with Crippen molar-refractivity contribution in [1.82, 2.24) is 4.98 Å². The predicted octanol–water partition coefficient (Wildman–Crippen LogP) is 1.43. The van der Waals surface area contributed by atoms with Crippen LogP contribution in [-0.2, 0) is 6.54 Å². The number of nitrogens with two attached hydrogens (primary N) is 1. The number of pyridine rings is 1. The fourth-order valence-corrected chi connectivity index (χ4v) is 1.07. The smallest absolute Gasteiger partial charge is 0.266 e. The molecule has 0 aliphatic rings. The van der Waals surface area contributed by atoms with E-state index in [0.29, 0.717) is 6.20 Å². The molecule has 0 fully saturated rings. The third-order valence-electron chi connectivity index (χ3n) is 1.76. The van der Waals surface area contributed by atoms with E-state index in [-0.39, 0.29) is 18.4 Å². The normalized spacial score (nSPS) is 10.6.